The van der Waals surface area contributed by atoms with Gasteiger partial charge in [0.15, 0.2) is 0 Å². The molecule has 10 N–H and O–H groups in total. The molecule has 17 heavy (non-hydrogen) atoms. The van der Waals surface area contributed by atoms with Crippen LogP contribution in [0.2, 0.25) is 0 Å². The van der Waals surface area contributed by atoms with E-state index in [0.717, 1.165) is 0 Å². The first-order chi connectivity index (χ1) is 6.36. The molecule has 0 saturated carbocycles. The van der Waals surface area contributed by atoms with Crippen molar-refractivity contribution in [3.8, 4) is 0 Å². The molecule has 0 aromatic carbocycles. The Bertz CT molecular complexity index is 181. The van der Waals surface area contributed by atoms with Gasteiger partial charge in [-0.05, 0) is 0 Å². The van der Waals surface area contributed by atoms with Crippen LogP contribution >= 0.6 is 0 Å². The van der Waals surface area contributed by atoms with Crippen molar-refractivity contribution >= 4 is 37.2 Å². The van der Waals surface area contributed by atoms with E-state index < -0.39 is 24.0 Å². The molecule has 0 bridgehead atoms. The number of nitrogens with two attached hydrogens (primary N) is 2. The summed E-state index contributed by atoms with van der Waals surface area (Å²) in [5.74, 6) is -2.53. The minimum Gasteiger partial charge on any atom is -0.791 e. The van der Waals surface area contributed by atoms with E-state index in [4.69, 9.17) is 11.5 Å². The van der Waals surface area contributed by atoms with Crippen LogP contribution in [0.15, 0.2) is 0 Å². The molecule has 0 aliphatic rings. The normalized spacial score (nSPS) is 11.1. The van der Waals surface area contributed by atoms with Crippen molar-refractivity contribution in [1.82, 2.24) is 12.3 Å². The summed E-state index contributed by atoms with van der Waals surface area (Å²) in [6, 6.07) is -1.95. The number of carbonyl (C=O) groups excluding carboxylic acids is 2. The average Bonchev–Trinajstić information content (AvgIpc) is 2.15. The first kappa shape index (κ1) is 30.3. The molecule has 11 heteroatoms. The van der Waals surface area contributed by atoms with Crippen molar-refractivity contribution in [2.75, 3.05) is 11.5 Å². The summed E-state index contributed by atoms with van der Waals surface area (Å²) >= 11 is 8.61. The van der Waals surface area contributed by atoms with E-state index in [1.54, 1.807) is 0 Å². The Labute approximate surface area is 125 Å². The van der Waals surface area contributed by atoms with Crippen molar-refractivity contribution in [2.24, 2.45) is 11.5 Å². The molecule has 0 radical (unpaired) electrons. The van der Waals surface area contributed by atoms with E-state index in [0.29, 0.717) is 0 Å². The van der Waals surface area contributed by atoms with Crippen molar-refractivity contribution in [3.05, 3.63) is 0 Å². The number of carboxylic acid groups (broad SMARTS) is 2. The number of carbonyl (C=O) groups is 2. The standard InChI is InChI=1S/2C3H7NO2S.2H3N.Pt/c2*4-2(1-7)3(5)6;;;/h2*2,7H,1,4H2,(H,5,6);2*1H3;/q;;;;+4/p-4/t2*2-;;;/m11.../s1. The summed E-state index contributed by atoms with van der Waals surface area (Å²) in [6.07, 6.45) is 0. The molecule has 0 aliphatic heterocycles. The molecule has 8 nitrogen and oxygen atoms in total. The molecule has 106 valence electrons. The number of aliphatic carboxylic acids is 2. The number of rotatable bonds is 4. The van der Waals surface area contributed by atoms with Crippen LogP contribution in [0.3, 0.4) is 0 Å². The van der Waals surface area contributed by atoms with E-state index in [1.165, 1.54) is 0 Å². The minimum absolute atomic E-state index is 0. The van der Waals surface area contributed by atoms with Gasteiger partial charge in [0.25, 0.3) is 0 Å². The summed E-state index contributed by atoms with van der Waals surface area (Å²) < 4.78 is 0. The van der Waals surface area contributed by atoms with Crippen LogP contribution in [-0.4, -0.2) is 35.5 Å². The van der Waals surface area contributed by atoms with Gasteiger partial charge in [0.1, 0.15) is 0 Å². The maximum absolute atomic E-state index is 9.63. The topological polar surface area (TPSA) is 202 Å². The first-order valence-corrected chi connectivity index (χ1v) is 4.61. The van der Waals surface area contributed by atoms with Crippen molar-refractivity contribution in [2.45, 2.75) is 12.1 Å². The van der Waals surface area contributed by atoms with Gasteiger partial charge in [-0.25, -0.2) is 0 Å². The zero-order valence-electron chi connectivity index (χ0n) is 8.90. The molecule has 0 aromatic heterocycles. The molecule has 0 unspecified atom stereocenters. The van der Waals surface area contributed by atoms with Gasteiger partial charge in [-0.15, -0.1) is 0 Å². The van der Waals surface area contributed by atoms with E-state index in [-0.39, 0.29) is 44.9 Å². The maximum Gasteiger partial charge on any atom is 4.00 e. The van der Waals surface area contributed by atoms with Crippen molar-refractivity contribution < 1.29 is 40.9 Å². The van der Waals surface area contributed by atoms with E-state index in [1.807, 2.05) is 0 Å². The summed E-state index contributed by atoms with van der Waals surface area (Å²) in [5, 5.41) is 19.3. The fraction of sp³-hybridized carbons (Fsp3) is 0.667. The van der Waals surface area contributed by atoms with E-state index in [2.05, 4.69) is 25.3 Å². The Hall–Kier alpha value is 0.168. The fourth-order valence-electron chi connectivity index (χ4n) is 0.136. The SMILES string of the molecule is N.N.N[C@H](C[S-])C(=O)[O-].N[C@H](C[S-])C(=O)[O-].[Pt+4]. The quantitative estimate of drug-likeness (QED) is 0.292. The third-order valence-electron chi connectivity index (χ3n) is 0.965. The Kier molecular flexibility index (Phi) is 33.0. The Morgan fingerprint density at radius 3 is 1.12 bits per heavy atom. The summed E-state index contributed by atoms with van der Waals surface area (Å²) in [6.45, 7) is 0. The summed E-state index contributed by atoms with van der Waals surface area (Å²) in [7, 11) is 0. The van der Waals surface area contributed by atoms with Gasteiger partial charge in [0.05, 0.1) is 11.9 Å². The number of hydrogen-bond acceptors (Lipinski definition) is 10. The molecule has 0 fully saturated rings. The fourth-order valence-corrected chi connectivity index (χ4v) is 0.408. The zero-order valence-corrected chi connectivity index (χ0v) is 12.8. The monoisotopic (exact) mass is 467 g/mol. The van der Waals surface area contributed by atoms with E-state index in [9.17, 15) is 19.8 Å². The van der Waals surface area contributed by atoms with E-state index >= 15 is 0 Å². The summed E-state index contributed by atoms with van der Waals surface area (Å²) in [4.78, 5) is 19.3. The van der Waals surface area contributed by atoms with Crippen LogP contribution in [0.4, 0.5) is 0 Å². The molecule has 0 spiro atoms. The van der Waals surface area contributed by atoms with Gasteiger partial charge >= 0.3 is 21.1 Å². The second kappa shape index (κ2) is 18.5. The van der Waals surface area contributed by atoms with Crippen molar-refractivity contribution in [3.63, 3.8) is 0 Å². The van der Waals surface area contributed by atoms with Crippen LogP contribution in [0.5, 0.6) is 0 Å². The Balaban J connectivity index is -0.0000000480. The maximum atomic E-state index is 9.63. The smallest absolute Gasteiger partial charge is 0.791 e. The van der Waals surface area contributed by atoms with Gasteiger partial charge in [0, 0.05) is 12.1 Å². The van der Waals surface area contributed by atoms with Crippen LogP contribution in [0.25, 0.3) is 0 Å². The van der Waals surface area contributed by atoms with Crippen LogP contribution in [-0.2, 0) is 55.9 Å². The van der Waals surface area contributed by atoms with Gasteiger partial charge in [-0.1, -0.05) is 0 Å². The molecule has 0 aromatic rings. The van der Waals surface area contributed by atoms with Gasteiger partial charge in [-0.2, -0.15) is 11.5 Å². The molecule has 0 rings (SSSR count). The first-order valence-electron chi connectivity index (χ1n) is 3.45. The number of carboxylic acids is 2. The van der Waals surface area contributed by atoms with Crippen molar-refractivity contribution in [1.29, 1.82) is 0 Å². The average molecular weight is 467 g/mol. The zero-order chi connectivity index (χ0) is 11.7. The molecular formula is C6H16N4O4PtS2. The number of hydrogen-bond donors (Lipinski definition) is 4. The molecule has 0 aliphatic carbocycles. The van der Waals surface area contributed by atoms with Gasteiger partial charge in [-0.3, -0.25) is 0 Å². The molecule has 2 atom stereocenters. The van der Waals surface area contributed by atoms with Crippen LogP contribution in [0, 0.1) is 0 Å². The molecule has 0 saturated heterocycles. The van der Waals surface area contributed by atoms with Crippen LogP contribution in [0.1, 0.15) is 0 Å². The third-order valence-corrected chi connectivity index (χ3v) is 1.68. The minimum atomic E-state index is -1.28. The second-order valence-corrected chi connectivity index (χ2v) is 2.85. The molecular weight excluding hydrogens is 451 g/mol. The van der Waals surface area contributed by atoms with Gasteiger partial charge < -0.3 is 68.8 Å². The predicted molar refractivity (Wildman–Crippen MR) is 60.5 cm³/mol. The van der Waals surface area contributed by atoms with Crippen LogP contribution < -0.4 is 34.0 Å². The largest absolute Gasteiger partial charge is 4.00 e. The van der Waals surface area contributed by atoms with Gasteiger partial charge in [0.2, 0.25) is 0 Å². The second-order valence-electron chi connectivity index (χ2n) is 2.18. The Morgan fingerprint density at radius 2 is 1.12 bits per heavy atom. The third kappa shape index (κ3) is 21.9. The summed E-state index contributed by atoms with van der Waals surface area (Å²) in [5.41, 5.74) is 9.70. The Morgan fingerprint density at radius 1 is 0.941 bits per heavy atom. The molecule has 0 heterocycles. The predicted octanol–water partition coefficient (Wildman–Crippen LogP) is -4.46. The molecule has 0 amide bonds.